The molecule has 0 aliphatic rings. The standard InChI is InChI=1S/C24H25FN2O4S/c1-26(16-18-8-14-22(31-2)15-9-18)24(28)19-10-12-21(13-11-19)27(32(3,29)30)17-20-6-4-5-7-23(20)25/h4-15H,16-17H2,1-3H3. The number of methoxy groups -OCH3 is 1. The zero-order valence-electron chi connectivity index (χ0n) is 18.2. The molecule has 3 aromatic carbocycles. The first kappa shape index (κ1) is 23.3. The van der Waals surface area contributed by atoms with Crippen molar-refractivity contribution in [3.05, 3.63) is 95.3 Å². The fourth-order valence-corrected chi connectivity index (χ4v) is 4.13. The van der Waals surface area contributed by atoms with Crippen LogP contribution in [-0.4, -0.2) is 39.6 Å². The lowest BCUT2D eigenvalue weighted by Gasteiger charge is -2.23. The molecular formula is C24H25FN2O4S. The summed E-state index contributed by atoms with van der Waals surface area (Å²) in [4.78, 5) is 14.4. The molecule has 8 heteroatoms. The van der Waals surface area contributed by atoms with Crippen LogP contribution in [0.15, 0.2) is 72.8 Å². The predicted octanol–water partition coefficient (Wildman–Crippen LogP) is 4.07. The largest absolute Gasteiger partial charge is 0.497 e. The van der Waals surface area contributed by atoms with Gasteiger partial charge in [-0.2, -0.15) is 0 Å². The average Bonchev–Trinajstić information content (AvgIpc) is 2.78. The number of hydrogen-bond donors (Lipinski definition) is 0. The number of sulfonamides is 1. The van der Waals surface area contributed by atoms with Gasteiger partial charge < -0.3 is 9.64 Å². The Morgan fingerprint density at radius 3 is 2.12 bits per heavy atom. The number of hydrogen-bond acceptors (Lipinski definition) is 4. The minimum atomic E-state index is -3.67. The summed E-state index contributed by atoms with van der Waals surface area (Å²) in [5, 5.41) is 0. The smallest absolute Gasteiger partial charge is 0.253 e. The minimum Gasteiger partial charge on any atom is -0.497 e. The highest BCUT2D eigenvalue weighted by molar-refractivity contribution is 7.92. The topological polar surface area (TPSA) is 66.9 Å². The number of carbonyl (C=O) groups is 1. The van der Waals surface area contributed by atoms with Crippen LogP contribution in [0, 0.1) is 5.82 Å². The Hall–Kier alpha value is -3.39. The summed E-state index contributed by atoms with van der Waals surface area (Å²) in [6.07, 6.45) is 1.07. The number of ether oxygens (including phenoxy) is 1. The van der Waals surface area contributed by atoms with Crippen molar-refractivity contribution < 1.29 is 22.3 Å². The summed E-state index contributed by atoms with van der Waals surface area (Å²) in [6, 6.07) is 19.7. The molecule has 168 valence electrons. The van der Waals surface area contributed by atoms with Crippen LogP contribution in [0.2, 0.25) is 0 Å². The van der Waals surface area contributed by atoms with Crippen LogP contribution in [0.1, 0.15) is 21.5 Å². The van der Waals surface area contributed by atoms with Crippen LogP contribution in [0.3, 0.4) is 0 Å². The average molecular weight is 457 g/mol. The summed E-state index contributed by atoms with van der Waals surface area (Å²) in [7, 11) is -0.379. The summed E-state index contributed by atoms with van der Waals surface area (Å²) in [5.74, 6) is 0.0598. The van der Waals surface area contributed by atoms with Crippen molar-refractivity contribution in [2.24, 2.45) is 0 Å². The van der Waals surface area contributed by atoms with Crippen molar-refractivity contribution in [3.63, 3.8) is 0 Å². The fourth-order valence-electron chi connectivity index (χ4n) is 3.25. The SMILES string of the molecule is COc1ccc(CN(C)C(=O)c2ccc(N(Cc3ccccc3F)S(C)(=O)=O)cc2)cc1. The first-order valence-corrected chi connectivity index (χ1v) is 11.7. The maximum absolute atomic E-state index is 14.1. The van der Waals surface area contributed by atoms with Crippen LogP contribution in [0.4, 0.5) is 10.1 Å². The second-order valence-corrected chi connectivity index (χ2v) is 9.32. The van der Waals surface area contributed by atoms with E-state index in [4.69, 9.17) is 4.74 Å². The van der Waals surface area contributed by atoms with E-state index in [1.807, 2.05) is 24.3 Å². The lowest BCUT2D eigenvalue weighted by molar-refractivity contribution is 0.0785. The van der Waals surface area contributed by atoms with E-state index < -0.39 is 15.8 Å². The highest BCUT2D eigenvalue weighted by atomic mass is 32.2. The molecule has 0 fully saturated rings. The van der Waals surface area contributed by atoms with E-state index in [2.05, 4.69) is 0 Å². The molecule has 32 heavy (non-hydrogen) atoms. The van der Waals surface area contributed by atoms with E-state index in [-0.39, 0.29) is 18.0 Å². The van der Waals surface area contributed by atoms with Gasteiger partial charge >= 0.3 is 0 Å². The predicted molar refractivity (Wildman–Crippen MR) is 123 cm³/mol. The molecule has 0 atom stereocenters. The van der Waals surface area contributed by atoms with Gasteiger partial charge in [0, 0.05) is 24.7 Å². The molecule has 1 amide bonds. The van der Waals surface area contributed by atoms with Gasteiger partial charge in [0.05, 0.1) is 25.6 Å². The fraction of sp³-hybridized carbons (Fsp3) is 0.208. The number of rotatable bonds is 8. The third-order valence-corrected chi connectivity index (χ3v) is 6.14. The van der Waals surface area contributed by atoms with Gasteiger partial charge in [0.1, 0.15) is 11.6 Å². The first-order valence-electron chi connectivity index (χ1n) is 9.88. The minimum absolute atomic E-state index is 0.143. The second-order valence-electron chi connectivity index (χ2n) is 7.42. The Bertz CT molecular complexity index is 1180. The van der Waals surface area contributed by atoms with Crippen molar-refractivity contribution in [1.29, 1.82) is 0 Å². The third kappa shape index (κ3) is 5.64. The molecule has 0 spiro atoms. The van der Waals surface area contributed by atoms with Gasteiger partial charge in [0.2, 0.25) is 10.0 Å². The van der Waals surface area contributed by atoms with Crippen LogP contribution in [-0.2, 0) is 23.1 Å². The zero-order chi connectivity index (χ0) is 23.3. The molecular weight excluding hydrogens is 431 g/mol. The number of anilines is 1. The van der Waals surface area contributed by atoms with Crippen molar-refractivity contribution >= 4 is 21.6 Å². The molecule has 0 aromatic heterocycles. The Labute approximate surface area is 187 Å². The monoisotopic (exact) mass is 456 g/mol. The molecule has 0 radical (unpaired) electrons. The number of amides is 1. The zero-order valence-corrected chi connectivity index (χ0v) is 19.0. The Balaban J connectivity index is 1.76. The first-order chi connectivity index (χ1) is 15.2. The normalized spacial score (nSPS) is 11.1. The van der Waals surface area contributed by atoms with E-state index in [0.717, 1.165) is 21.9 Å². The van der Waals surface area contributed by atoms with Crippen LogP contribution >= 0.6 is 0 Å². The maximum Gasteiger partial charge on any atom is 0.253 e. The highest BCUT2D eigenvalue weighted by Gasteiger charge is 2.20. The van der Waals surface area contributed by atoms with Crippen molar-refractivity contribution in [2.75, 3.05) is 24.7 Å². The van der Waals surface area contributed by atoms with Gasteiger partial charge in [0.15, 0.2) is 0 Å². The van der Waals surface area contributed by atoms with Crippen molar-refractivity contribution in [3.8, 4) is 5.75 Å². The number of carbonyl (C=O) groups excluding carboxylic acids is 1. The van der Waals surface area contributed by atoms with Crippen molar-refractivity contribution in [2.45, 2.75) is 13.1 Å². The van der Waals surface area contributed by atoms with Gasteiger partial charge in [0.25, 0.3) is 5.91 Å². The quantitative estimate of drug-likeness (QED) is 0.513. The number of benzene rings is 3. The lowest BCUT2D eigenvalue weighted by Crippen LogP contribution is -2.30. The molecule has 6 nitrogen and oxygen atoms in total. The summed E-state index contributed by atoms with van der Waals surface area (Å²) in [6.45, 7) is 0.267. The molecule has 0 unspecified atom stereocenters. The van der Waals surface area contributed by atoms with Gasteiger partial charge in [-0.3, -0.25) is 9.10 Å². The molecule has 0 saturated carbocycles. The highest BCUT2D eigenvalue weighted by Crippen LogP contribution is 2.23. The Morgan fingerprint density at radius 2 is 1.56 bits per heavy atom. The molecule has 0 aliphatic heterocycles. The van der Waals surface area contributed by atoms with Gasteiger partial charge in [-0.05, 0) is 48.0 Å². The molecule has 0 N–H and O–H groups in total. The Morgan fingerprint density at radius 1 is 0.938 bits per heavy atom. The van der Waals surface area contributed by atoms with Gasteiger partial charge in [-0.25, -0.2) is 12.8 Å². The van der Waals surface area contributed by atoms with E-state index in [1.165, 1.54) is 6.07 Å². The lowest BCUT2D eigenvalue weighted by atomic mass is 10.1. The third-order valence-electron chi connectivity index (χ3n) is 5.00. The Kier molecular flexibility index (Phi) is 7.15. The van der Waals surface area contributed by atoms with E-state index >= 15 is 0 Å². The molecule has 0 aliphatic carbocycles. The van der Waals surface area contributed by atoms with E-state index in [0.29, 0.717) is 17.8 Å². The molecule has 3 rings (SSSR count). The molecule has 0 bridgehead atoms. The maximum atomic E-state index is 14.1. The van der Waals surface area contributed by atoms with Crippen LogP contribution in [0.25, 0.3) is 0 Å². The number of halogens is 1. The van der Waals surface area contributed by atoms with E-state index in [9.17, 15) is 17.6 Å². The van der Waals surface area contributed by atoms with E-state index in [1.54, 1.807) is 61.5 Å². The summed E-state index contributed by atoms with van der Waals surface area (Å²) in [5.41, 5.74) is 1.98. The van der Waals surface area contributed by atoms with Crippen LogP contribution < -0.4 is 9.04 Å². The van der Waals surface area contributed by atoms with Crippen molar-refractivity contribution in [1.82, 2.24) is 4.90 Å². The second kappa shape index (κ2) is 9.82. The summed E-state index contributed by atoms with van der Waals surface area (Å²) >= 11 is 0. The van der Waals surface area contributed by atoms with Crippen LogP contribution in [0.5, 0.6) is 5.75 Å². The molecule has 0 heterocycles. The van der Waals surface area contributed by atoms with Gasteiger partial charge in [-0.1, -0.05) is 30.3 Å². The van der Waals surface area contributed by atoms with Gasteiger partial charge in [-0.15, -0.1) is 0 Å². The summed E-state index contributed by atoms with van der Waals surface area (Å²) < 4.78 is 45.0. The number of nitrogens with zero attached hydrogens (tertiary/aromatic N) is 2. The molecule has 3 aromatic rings. The molecule has 0 saturated heterocycles.